The number of aromatic nitrogens is 1. The van der Waals surface area contributed by atoms with Gasteiger partial charge in [0.2, 0.25) is 0 Å². The number of carboxylic acid groups (broad SMARTS) is 1. The summed E-state index contributed by atoms with van der Waals surface area (Å²) in [6.07, 6.45) is 3.25. The second-order valence-electron chi connectivity index (χ2n) is 7.42. The average molecular weight is 477 g/mol. The molecule has 3 rings (SSSR count). The Morgan fingerprint density at radius 3 is 2.62 bits per heavy atom. The highest BCUT2D eigenvalue weighted by molar-refractivity contribution is 8.26. The number of amides is 1. The Hall–Kier alpha value is -2.68. The lowest BCUT2D eigenvalue weighted by atomic mass is 10.0. The first kappa shape index (κ1) is 24.0. The van der Waals surface area contributed by atoms with Crippen molar-refractivity contribution in [3.63, 3.8) is 0 Å². The van der Waals surface area contributed by atoms with Crippen LogP contribution in [0.4, 0.5) is 5.82 Å². The quantitative estimate of drug-likeness (QED) is 0.466. The van der Waals surface area contributed by atoms with Crippen LogP contribution in [0.25, 0.3) is 6.08 Å². The molecular weight excluding hydrogens is 452 g/mol. The Morgan fingerprint density at radius 1 is 1.34 bits per heavy atom. The molecule has 2 saturated heterocycles. The summed E-state index contributed by atoms with van der Waals surface area (Å²) in [4.78, 5) is 40.5. The van der Waals surface area contributed by atoms with Gasteiger partial charge in [0.25, 0.3) is 11.5 Å². The fourth-order valence-corrected chi connectivity index (χ4v) is 4.92. The van der Waals surface area contributed by atoms with Gasteiger partial charge in [-0.1, -0.05) is 37.3 Å². The van der Waals surface area contributed by atoms with Gasteiger partial charge in [0.1, 0.15) is 28.3 Å². The number of hydrogen-bond donors (Lipinski definition) is 1. The van der Waals surface area contributed by atoms with Crippen molar-refractivity contribution in [1.82, 2.24) is 9.47 Å². The zero-order chi connectivity index (χ0) is 23.4. The van der Waals surface area contributed by atoms with Gasteiger partial charge < -0.3 is 14.7 Å². The molecule has 2 aliphatic heterocycles. The van der Waals surface area contributed by atoms with E-state index in [1.54, 1.807) is 17.6 Å². The number of nitriles is 1. The molecule has 0 radical (unpaired) electrons. The van der Waals surface area contributed by atoms with Crippen LogP contribution < -0.4 is 10.5 Å². The van der Waals surface area contributed by atoms with Crippen molar-refractivity contribution in [2.24, 2.45) is 0 Å². The van der Waals surface area contributed by atoms with E-state index in [1.165, 1.54) is 0 Å². The average Bonchev–Trinajstić information content (AvgIpc) is 3.02. The summed E-state index contributed by atoms with van der Waals surface area (Å²) in [6.45, 7) is 5.78. The van der Waals surface area contributed by atoms with Crippen LogP contribution in [0.15, 0.2) is 9.70 Å². The van der Waals surface area contributed by atoms with Gasteiger partial charge in [-0.25, -0.2) is 0 Å². The number of ether oxygens (including phenoxy) is 1. The molecule has 0 aromatic carbocycles. The molecule has 1 amide bonds. The predicted octanol–water partition coefficient (Wildman–Crippen LogP) is 1.95. The summed E-state index contributed by atoms with van der Waals surface area (Å²) in [5.41, 5.74) is 0.756. The fourth-order valence-electron chi connectivity index (χ4n) is 3.69. The number of anilines is 1. The van der Waals surface area contributed by atoms with Crippen molar-refractivity contribution in [2.75, 3.05) is 37.7 Å². The van der Waals surface area contributed by atoms with Gasteiger partial charge in [0, 0.05) is 25.2 Å². The molecular formula is C21H24N4O5S2. The number of carbonyl (C=O) groups excluding carboxylic acids is 1. The summed E-state index contributed by atoms with van der Waals surface area (Å²) in [5, 5.41) is 18.8. The summed E-state index contributed by atoms with van der Waals surface area (Å²) in [6, 6.07) is 2.02. The van der Waals surface area contributed by atoms with E-state index in [1.807, 2.05) is 17.9 Å². The van der Waals surface area contributed by atoms with Gasteiger partial charge in [-0.15, -0.1) is 0 Å². The van der Waals surface area contributed by atoms with E-state index >= 15 is 0 Å². The molecule has 0 saturated carbocycles. The summed E-state index contributed by atoms with van der Waals surface area (Å²) in [5.74, 6) is -1.01. The van der Waals surface area contributed by atoms with Crippen LogP contribution in [0.5, 0.6) is 0 Å². The van der Waals surface area contributed by atoms with Crippen molar-refractivity contribution >= 4 is 52.1 Å². The Morgan fingerprint density at radius 2 is 2.03 bits per heavy atom. The van der Waals surface area contributed by atoms with Crippen LogP contribution in [0, 0.1) is 18.3 Å². The molecule has 1 N–H and O–H groups in total. The predicted molar refractivity (Wildman–Crippen MR) is 126 cm³/mol. The first-order valence-corrected chi connectivity index (χ1v) is 11.5. The molecule has 1 aromatic rings. The van der Waals surface area contributed by atoms with Crippen LogP contribution in [-0.2, 0) is 20.9 Å². The summed E-state index contributed by atoms with van der Waals surface area (Å²) in [7, 11) is 0. The van der Waals surface area contributed by atoms with E-state index in [9.17, 15) is 19.6 Å². The van der Waals surface area contributed by atoms with Crippen LogP contribution in [0.2, 0.25) is 0 Å². The Bertz CT molecular complexity index is 1080. The highest BCUT2D eigenvalue weighted by atomic mass is 32.2. The number of morpholine rings is 1. The van der Waals surface area contributed by atoms with E-state index in [0.29, 0.717) is 49.8 Å². The van der Waals surface area contributed by atoms with E-state index in [0.717, 1.165) is 29.5 Å². The topological polar surface area (TPSA) is 116 Å². The van der Waals surface area contributed by atoms with Gasteiger partial charge in [-0.05, 0) is 25.0 Å². The molecule has 170 valence electrons. The van der Waals surface area contributed by atoms with Gasteiger partial charge in [-0.2, -0.15) is 5.26 Å². The van der Waals surface area contributed by atoms with Gasteiger partial charge in [0.05, 0.1) is 18.1 Å². The molecule has 0 bridgehead atoms. The summed E-state index contributed by atoms with van der Waals surface area (Å²) < 4.78 is 7.25. The lowest BCUT2D eigenvalue weighted by Crippen LogP contribution is -2.41. The van der Waals surface area contributed by atoms with E-state index in [2.05, 4.69) is 0 Å². The van der Waals surface area contributed by atoms with Crippen LogP contribution in [0.1, 0.15) is 36.5 Å². The minimum Gasteiger partial charge on any atom is -0.480 e. The highest BCUT2D eigenvalue weighted by Crippen LogP contribution is 2.36. The molecule has 3 heterocycles. The highest BCUT2D eigenvalue weighted by Gasteiger charge is 2.34. The Kier molecular flexibility index (Phi) is 7.71. The molecule has 2 aliphatic rings. The second kappa shape index (κ2) is 10.3. The Labute approximate surface area is 195 Å². The van der Waals surface area contributed by atoms with Gasteiger partial charge in [0.15, 0.2) is 0 Å². The zero-order valence-electron chi connectivity index (χ0n) is 17.9. The number of pyridine rings is 1. The number of carboxylic acids is 1. The maximum atomic E-state index is 13.2. The standard InChI is InChI=1S/C21H24N4O5S2/c1-3-4-5-24-18(23-6-8-30-9-7-23)14(13(2)15(11-22)19(24)28)10-16-20(29)25(12-17(26)27)21(31)32-16/h10H,3-9,12H2,1-2H3,(H,26,27)/b16-10-. The third kappa shape index (κ3) is 4.72. The van der Waals surface area contributed by atoms with E-state index < -0.39 is 18.4 Å². The zero-order valence-corrected chi connectivity index (χ0v) is 19.6. The second-order valence-corrected chi connectivity index (χ2v) is 9.10. The van der Waals surface area contributed by atoms with Gasteiger partial charge in [-0.3, -0.25) is 23.9 Å². The minimum atomic E-state index is -1.16. The number of thiocarbonyl (C=S) groups is 1. The SMILES string of the molecule is CCCCn1c(N2CCOCC2)c(/C=C2\SC(=S)N(CC(=O)O)C2=O)c(C)c(C#N)c1=O. The molecule has 0 atom stereocenters. The number of unbranched alkanes of at least 4 members (excludes halogenated alkanes) is 1. The van der Waals surface area contributed by atoms with E-state index in [-0.39, 0.29) is 20.3 Å². The van der Waals surface area contributed by atoms with Crippen LogP contribution >= 0.6 is 24.0 Å². The number of carbonyl (C=O) groups is 2. The molecule has 0 spiro atoms. The fraction of sp³-hybridized carbons (Fsp3) is 0.476. The molecule has 11 heteroatoms. The maximum Gasteiger partial charge on any atom is 0.323 e. The van der Waals surface area contributed by atoms with Crippen molar-refractivity contribution < 1.29 is 19.4 Å². The smallest absolute Gasteiger partial charge is 0.323 e. The molecule has 1 aromatic heterocycles. The maximum absolute atomic E-state index is 13.2. The monoisotopic (exact) mass is 476 g/mol. The normalized spacial score (nSPS) is 17.8. The number of hydrogen-bond acceptors (Lipinski definition) is 8. The summed E-state index contributed by atoms with van der Waals surface area (Å²) >= 11 is 6.22. The van der Waals surface area contributed by atoms with Crippen molar-refractivity contribution in [2.45, 2.75) is 33.2 Å². The van der Waals surface area contributed by atoms with Gasteiger partial charge >= 0.3 is 5.97 Å². The first-order valence-electron chi connectivity index (χ1n) is 10.3. The number of thioether (sulfide) groups is 1. The van der Waals surface area contributed by atoms with Crippen molar-refractivity contribution in [3.8, 4) is 6.07 Å². The third-order valence-corrected chi connectivity index (χ3v) is 6.71. The first-order chi connectivity index (χ1) is 15.3. The molecule has 32 heavy (non-hydrogen) atoms. The molecule has 9 nitrogen and oxygen atoms in total. The van der Waals surface area contributed by atoms with E-state index in [4.69, 9.17) is 22.1 Å². The molecule has 0 aliphatic carbocycles. The molecule has 0 unspecified atom stereocenters. The number of aliphatic carboxylic acids is 1. The lowest BCUT2D eigenvalue weighted by molar-refractivity contribution is -0.140. The van der Waals surface area contributed by atoms with Crippen LogP contribution in [-0.4, -0.2) is 63.6 Å². The lowest BCUT2D eigenvalue weighted by Gasteiger charge is -2.33. The minimum absolute atomic E-state index is 0.0328. The number of nitrogens with zero attached hydrogens (tertiary/aromatic N) is 4. The van der Waals surface area contributed by atoms with Crippen LogP contribution in [0.3, 0.4) is 0 Å². The largest absolute Gasteiger partial charge is 0.480 e. The Balaban J connectivity index is 2.21. The van der Waals surface area contributed by atoms with Crippen molar-refractivity contribution in [1.29, 1.82) is 5.26 Å². The molecule has 2 fully saturated rings. The van der Waals surface area contributed by atoms with Crippen molar-refractivity contribution in [3.05, 3.63) is 31.9 Å². The number of rotatable bonds is 7. The third-order valence-electron chi connectivity index (χ3n) is 5.33.